The Morgan fingerprint density at radius 1 is 1.25 bits per heavy atom. The number of rotatable bonds is 5. The molecule has 0 atom stereocenters. The van der Waals surface area contributed by atoms with Gasteiger partial charge in [0.2, 0.25) is 0 Å². The van der Waals surface area contributed by atoms with Crippen LogP contribution in [0.2, 0.25) is 0 Å². The minimum Gasteiger partial charge on any atom is -0.490 e. The molecule has 1 aromatic rings. The molecule has 0 saturated heterocycles. The number of hydrogen-bond acceptors (Lipinski definition) is 2. The van der Waals surface area contributed by atoms with Crippen molar-refractivity contribution in [3.8, 4) is 5.75 Å². The van der Waals surface area contributed by atoms with Gasteiger partial charge < -0.3 is 4.74 Å². The summed E-state index contributed by atoms with van der Waals surface area (Å²) >= 11 is 0. The van der Waals surface area contributed by atoms with Crippen LogP contribution in [0, 0.1) is 0 Å². The van der Waals surface area contributed by atoms with Gasteiger partial charge in [0.05, 0.1) is 0 Å². The van der Waals surface area contributed by atoms with Gasteiger partial charge in [0.25, 0.3) is 0 Å². The Labute approximate surface area is 96.2 Å². The van der Waals surface area contributed by atoms with E-state index in [4.69, 9.17) is 4.74 Å². The topological polar surface area (TPSA) is 26.3 Å². The van der Waals surface area contributed by atoms with Gasteiger partial charge in [0, 0.05) is 0 Å². The molecular formula is C14H16O2. The molecule has 84 valence electrons. The minimum absolute atomic E-state index is 0.589. The molecule has 0 aliphatic carbocycles. The third-order valence-corrected chi connectivity index (χ3v) is 1.99. The van der Waals surface area contributed by atoms with Crippen molar-refractivity contribution in [3.63, 3.8) is 0 Å². The van der Waals surface area contributed by atoms with E-state index in [-0.39, 0.29) is 0 Å². The van der Waals surface area contributed by atoms with E-state index in [1.807, 2.05) is 44.2 Å². The van der Waals surface area contributed by atoms with Crippen LogP contribution in [0.15, 0.2) is 42.0 Å². The monoisotopic (exact) mass is 216 g/mol. The lowest BCUT2D eigenvalue weighted by molar-refractivity contribution is -0.104. The first-order valence-electron chi connectivity index (χ1n) is 5.20. The van der Waals surface area contributed by atoms with Crippen molar-refractivity contribution in [2.75, 3.05) is 6.61 Å². The van der Waals surface area contributed by atoms with E-state index < -0.39 is 0 Å². The molecule has 2 heteroatoms. The predicted molar refractivity (Wildman–Crippen MR) is 66.5 cm³/mol. The second kappa shape index (κ2) is 6.62. The fraction of sp³-hybridized carbons (Fsp3) is 0.214. The molecule has 0 saturated carbocycles. The van der Waals surface area contributed by atoms with Crippen molar-refractivity contribution < 1.29 is 9.53 Å². The van der Waals surface area contributed by atoms with Crippen LogP contribution in [0.4, 0.5) is 0 Å². The molecule has 2 nitrogen and oxygen atoms in total. The molecule has 0 spiro atoms. The molecule has 0 heterocycles. The highest BCUT2D eigenvalue weighted by atomic mass is 16.5. The maximum atomic E-state index is 10.1. The maximum absolute atomic E-state index is 10.1. The van der Waals surface area contributed by atoms with Crippen LogP contribution >= 0.6 is 0 Å². The quantitative estimate of drug-likeness (QED) is 0.429. The number of ether oxygens (including phenoxy) is 1. The molecule has 1 aromatic carbocycles. The van der Waals surface area contributed by atoms with Gasteiger partial charge in [-0.25, -0.2) is 0 Å². The lowest BCUT2D eigenvalue weighted by atomic mass is 10.2. The van der Waals surface area contributed by atoms with Crippen molar-refractivity contribution in [1.82, 2.24) is 0 Å². The maximum Gasteiger partial charge on any atom is 0.142 e. The zero-order chi connectivity index (χ0) is 11.8. The Morgan fingerprint density at radius 3 is 2.50 bits per heavy atom. The van der Waals surface area contributed by atoms with Gasteiger partial charge in [0.15, 0.2) is 0 Å². The van der Waals surface area contributed by atoms with Crippen molar-refractivity contribution in [2.45, 2.75) is 13.8 Å². The zero-order valence-corrected chi connectivity index (χ0v) is 9.64. The zero-order valence-electron chi connectivity index (χ0n) is 9.64. The van der Waals surface area contributed by atoms with E-state index >= 15 is 0 Å². The van der Waals surface area contributed by atoms with Crippen LogP contribution in [-0.2, 0) is 4.79 Å². The average Bonchev–Trinajstić information content (AvgIpc) is 2.27. The van der Waals surface area contributed by atoms with Crippen molar-refractivity contribution >= 4 is 12.4 Å². The molecule has 0 radical (unpaired) electrons. The second-order valence-electron chi connectivity index (χ2n) is 3.66. The standard InChI is InChI=1S/C14H16O2/c1-12(2)9-11-16-14-7-5-13(6-8-14)4-3-10-15/h3-10H,11H2,1-2H3/b4-3+. The molecular weight excluding hydrogens is 200 g/mol. The fourth-order valence-electron chi connectivity index (χ4n) is 1.13. The van der Waals surface area contributed by atoms with Crippen molar-refractivity contribution in [3.05, 3.63) is 47.6 Å². The molecule has 0 fully saturated rings. The van der Waals surface area contributed by atoms with Gasteiger partial charge >= 0.3 is 0 Å². The Hall–Kier alpha value is -1.83. The summed E-state index contributed by atoms with van der Waals surface area (Å²) in [5.41, 5.74) is 2.23. The largest absolute Gasteiger partial charge is 0.490 e. The highest BCUT2D eigenvalue weighted by molar-refractivity contribution is 5.73. The van der Waals surface area contributed by atoms with Crippen LogP contribution in [-0.4, -0.2) is 12.9 Å². The first kappa shape index (κ1) is 12.2. The summed E-state index contributed by atoms with van der Waals surface area (Å²) in [6.07, 6.45) is 6.02. The van der Waals surface area contributed by atoms with E-state index in [0.717, 1.165) is 17.6 Å². The number of allylic oxidation sites excluding steroid dienone is 2. The van der Waals surface area contributed by atoms with Crippen LogP contribution in [0.5, 0.6) is 5.75 Å². The highest BCUT2D eigenvalue weighted by Crippen LogP contribution is 2.13. The number of carbonyl (C=O) groups excluding carboxylic acids is 1. The average molecular weight is 216 g/mol. The summed E-state index contributed by atoms with van der Waals surface area (Å²) in [6, 6.07) is 7.61. The van der Waals surface area contributed by atoms with Crippen molar-refractivity contribution in [2.24, 2.45) is 0 Å². The summed E-state index contributed by atoms with van der Waals surface area (Å²) in [6.45, 7) is 4.67. The third-order valence-electron chi connectivity index (χ3n) is 1.99. The molecule has 1 rings (SSSR count). The van der Waals surface area contributed by atoms with E-state index in [9.17, 15) is 4.79 Å². The molecule has 0 aliphatic heterocycles. The third kappa shape index (κ3) is 4.60. The van der Waals surface area contributed by atoms with Gasteiger partial charge in [0.1, 0.15) is 18.6 Å². The van der Waals surface area contributed by atoms with Crippen molar-refractivity contribution in [1.29, 1.82) is 0 Å². The first-order valence-corrected chi connectivity index (χ1v) is 5.20. The van der Waals surface area contributed by atoms with E-state index in [1.54, 1.807) is 6.08 Å². The fourth-order valence-corrected chi connectivity index (χ4v) is 1.13. The van der Waals surface area contributed by atoms with Gasteiger partial charge in [-0.15, -0.1) is 0 Å². The first-order chi connectivity index (χ1) is 7.72. The summed E-state index contributed by atoms with van der Waals surface area (Å²) in [5.74, 6) is 0.834. The molecule has 0 amide bonds. The normalized spacial score (nSPS) is 10.1. The lowest BCUT2D eigenvalue weighted by Gasteiger charge is -2.03. The molecule has 0 bridgehead atoms. The Bertz CT molecular complexity index is 382. The predicted octanol–water partition coefficient (Wildman–Crippen LogP) is 3.24. The smallest absolute Gasteiger partial charge is 0.142 e. The van der Waals surface area contributed by atoms with E-state index in [1.165, 1.54) is 11.6 Å². The SMILES string of the molecule is CC(C)=CCOc1ccc(/C=C/C=O)cc1. The Kier molecular flexibility index (Phi) is 5.06. The van der Waals surface area contributed by atoms with E-state index in [2.05, 4.69) is 0 Å². The molecule has 0 aliphatic rings. The molecule has 0 N–H and O–H groups in total. The molecule has 0 unspecified atom stereocenters. The van der Waals surface area contributed by atoms with Gasteiger partial charge in [-0.05, 0) is 43.7 Å². The highest BCUT2D eigenvalue weighted by Gasteiger charge is 1.91. The number of aldehydes is 1. The number of hydrogen-bond donors (Lipinski definition) is 0. The van der Waals surface area contributed by atoms with Gasteiger partial charge in [-0.2, -0.15) is 0 Å². The summed E-state index contributed by atoms with van der Waals surface area (Å²) in [5, 5.41) is 0. The summed E-state index contributed by atoms with van der Waals surface area (Å²) in [7, 11) is 0. The van der Waals surface area contributed by atoms with E-state index in [0.29, 0.717) is 6.61 Å². The number of carbonyl (C=O) groups is 1. The van der Waals surface area contributed by atoms with Gasteiger partial charge in [-0.1, -0.05) is 23.8 Å². The lowest BCUT2D eigenvalue weighted by Crippen LogP contribution is -1.93. The summed E-state index contributed by atoms with van der Waals surface area (Å²) < 4.78 is 5.51. The molecule has 16 heavy (non-hydrogen) atoms. The Balaban J connectivity index is 2.54. The van der Waals surface area contributed by atoms with Crippen LogP contribution in [0.25, 0.3) is 6.08 Å². The second-order valence-corrected chi connectivity index (χ2v) is 3.66. The van der Waals surface area contributed by atoms with Gasteiger partial charge in [-0.3, -0.25) is 4.79 Å². The molecule has 0 aromatic heterocycles. The van der Waals surface area contributed by atoms with Crippen LogP contribution < -0.4 is 4.74 Å². The minimum atomic E-state index is 0.589. The number of benzene rings is 1. The van der Waals surface area contributed by atoms with Crippen LogP contribution in [0.3, 0.4) is 0 Å². The summed E-state index contributed by atoms with van der Waals surface area (Å²) in [4.78, 5) is 10.1. The van der Waals surface area contributed by atoms with Crippen LogP contribution in [0.1, 0.15) is 19.4 Å². The Morgan fingerprint density at radius 2 is 1.94 bits per heavy atom.